The highest BCUT2D eigenvalue weighted by atomic mass is 16.2. The Morgan fingerprint density at radius 3 is 2.36 bits per heavy atom. The quantitative estimate of drug-likeness (QED) is 0.630. The molecule has 1 saturated heterocycles. The lowest BCUT2D eigenvalue weighted by Gasteiger charge is -2.32. The lowest BCUT2D eigenvalue weighted by molar-refractivity contribution is -0.136. The molecule has 14 heavy (non-hydrogen) atoms. The van der Waals surface area contributed by atoms with E-state index in [1.54, 1.807) is 0 Å². The van der Waals surface area contributed by atoms with Gasteiger partial charge in [-0.25, -0.2) is 0 Å². The van der Waals surface area contributed by atoms with Crippen LogP contribution in [0.2, 0.25) is 0 Å². The van der Waals surface area contributed by atoms with Crippen molar-refractivity contribution in [1.29, 1.82) is 0 Å². The van der Waals surface area contributed by atoms with Gasteiger partial charge < -0.3 is 10.6 Å². The maximum Gasteiger partial charge on any atom is 0.226 e. The van der Waals surface area contributed by atoms with Crippen LogP contribution in [0, 0.1) is 5.92 Å². The van der Waals surface area contributed by atoms with Crippen LogP contribution in [0.5, 0.6) is 0 Å². The molecule has 1 amide bonds. The highest BCUT2D eigenvalue weighted by molar-refractivity contribution is 5.79. The summed E-state index contributed by atoms with van der Waals surface area (Å²) in [6.45, 7) is 1.72. The van der Waals surface area contributed by atoms with E-state index < -0.39 is 0 Å². The molecule has 0 atom stereocenters. The number of rotatable bonds is 1. The molecule has 0 aromatic heterocycles. The number of amides is 1. The van der Waals surface area contributed by atoms with Crippen LogP contribution in [0.15, 0.2) is 12.2 Å². The molecule has 2 rings (SSSR count). The molecule has 1 aliphatic heterocycles. The first kappa shape index (κ1) is 9.71. The van der Waals surface area contributed by atoms with Gasteiger partial charge in [0.1, 0.15) is 0 Å². The van der Waals surface area contributed by atoms with Gasteiger partial charge in [0.15, 0.2) is 0 Å². The summed E-state index contributed by atoms with van der Waals surface area (Å²) in [5, 5.41) is 0. The Hall–Kier alpha value is -0.830. The SMILES string of the molecule is NC1CCN(C(=O)C2CC=CC2)CC1. The maximum atomic E-state index is 12.0. The summed E-state index contributed by atoms with van der Waals surface area (Å²) in [4.78, 5) is 13.9. The molecule has 0 aromatic carbocycles. The van der Waals surface area contributed by atoms with Crippen molar-refractivity contribution in [3.63, 3.8) is 0 Å². The second-order valence-electron chi connectivity index (χ2n) is 4.30. The molecule has 0 unspecified atom stereocenters. The van der Waals surface area contributed by atoms with E-state index >= 15 is 0 Å². The molecule has 78 valence electrons. The molecular formula is C11H18N2O. The Morgan fingerprint density at radius 2 is 1.79 bits per heavy atom. The minimum absolute atomic E-state index is 0.226. The lowest BCUT2D eigenvalue weighted by Crippen LogP contribution is -2.44. The van der Waals surface area contributed by atoms with Crippen molar-refractivity contribution in [2.75, 3.05) is 13.1 Å². The summed E-state index contributed by atoms with van der Waals surface area (Å²) < 4.78 is 0. The van der Waals surface area contributed by atoms with E-state index in [4.69, 9.17) is 5.73 Å². The van der Waals surface area contributed by atoms with Crippen molar-refractivity contribution in [2.45, 2.75) is 31.7 Å². The first-order valence-corrected chi connectivity index (χ1v) is 5.47. The van der Waals surface area contributed by atoms with E-state index in [2.05, 4.69) is 12.2 Å². The molecule has 1 fully saturated rings. The average Bonchev–Trinajstić information content (AvgIpc) is 2.71. The molecule has 3 heteroatoms. The topological polar surface area (TPSA) is 46.3 Å². The summed E-state index contributed by atoms with van der Waals surface area (Å²) in [7, 11) is 0. The predicted octanol–water partition coefficient (Wildman–Crippen LogP) is 0.902. The van der Waals surface area contributed by atoms with Crippen molar-refractivity contribution in [3.8, 4) is 0 Å². The number of carbonyl (C=O) groups excluding carboxylic acids is 1. The molecule has 1 heterocycles. The normalized spacial score (nSPS) is 24.5. The maximum absolute atomic E-state index is 12.0. The standard InChI is InChI=1S/C11H18N2O/c12-10-5-7-13(8-6-10)11(14)9-3-1-2-4-9/h1-2,9-10H,3-8,12H2. The minimum Gasteiger partial charge on any atom is -0.342 e. The smallest absolute Gasteiger partial charge is 0.226 e. The number of allylic oxidation sites excluding steroid dienone is 2. The fourth-order valence-electron chi connectivity index (χ4n) is 2.20. The van der Waals surface area contributed by atoms with Crippen LogP contribution < -0.4 is 5.73 Å². The number of hydrogen-bond acceptors (Lipinski definition) is 2. The van der Waals surface area contributed by atoms with Crippen molar-refractivity contribution >= 4 is 5.91 Å². The number of piperidine rings is 1. The van der Waals surface area contributed by atoms with E-state index in [1.165, 1.54) is 0 Å². The van der Waals surface area contributed by atoms with E-state index in [0.29, 0.717) is 11.9 Å². The summed E-state index contributed by atoms with van der Waals surface area (Å²) in [6, 6.07) is 0.306. The van der Waals surface area contributed by atoms with Crippen LogP contribution in [0.25, 0.3) is 0 Å². The first-order chi connectivity index (χ1) is 6.77. The van der Waals surface area contributed by atoms with E-state index in [1.807, 2.05) is 4.90 Å². The van der Waals surface area contributed by atoms with Gasteiger partial charge in [-0.05, 0) is 25.7 Å². The van der Waals surface area contributed by atoms with Crippen LogP contribution in [0.1, 0.15) is 25.7 Å². The third-order valence-corrected chi connectivity index (χ3v) is 3.21. The highest BCUT2D eigenvalue weighted by Crippen LogP contribution is 2.22. The Kier molecular flexibility index (Phi) is 2.87. The van der Waals surface area contributed by atoms with E-state index in [-0.39, 0.29) is 5.92 Å². The van der Waals surface area contributed by atoms with Crippen molar-refractivity contribution in [2.24, 2.45) is 11.7 Å². The Morgan fingerprint density at radius 1 is 1.21 bits per heavy atom. The Balaban J connectivity index is 1.85. The van der Waals surface area contributed by atoms with Crippen LogP contribution in [0.4, 0.5) is 0 Å². The third kappa shape index (κ3) is 1.98. The van der Waals surface area contributed by atoms with Gasteiger partial charge in [0.2, 0.25) is 5.91 Å². The summed E-state index contributed by atoms with van der Waals surface area (Å²) in [6.07, 6.45) is 8.01. The number of nitrogens with two attached hydrogens (primary N) is 1. The zero-order valence-electron chi connectivity index (χ0n) is 8.48. The van der Waals surface area contributed by atoms with Gasteiger partial charge in [0.05, 0.1) is 0 Å². The lowest BCUT2D eigenvalue weighted by atomic mass is 10.0. The number of hydrogen-bond donors (Lipinski definition) is 1. The first-order valence-electron chi connectivity index (χ1n) is 5.47. The van der Waals surface area contributed by atoms with Gasteiger partial charge in [-0.15, -0.1) is 0 Å². The van der Waals surface area contributed by atoms with Gasteiger partial charge in [0, 0.05) is 25.0 Å². The molecule has 2 N–H and O–H groups in total. The molecule has 2 aliphatic rings. The second-order valence-corrected chi connectivity index (χ2v) is 4.30. The zero-order valence-corrected chi connectivity index (χ0v) is 8.48. The van der Waals surface area contributed by atoms with E-state index in [9.17, 15) is 4.79 Å². The fourth-order valence-corrected chi connectivity index (χ4v) is 2.20. The average molecular weight is 194 g/mol. The minimum atomic E-state index is 0.226. The van der Waals surface area contributed by atoms with Gasteiger partial charge in [-0.2, -0.15) is 0 Å². The molecule has 3 nitrogen and oxygen atoms in total. The number of likely N-dealkylation sites (tertiary alicyclic amines) is 1. The van der Waals surface area contributed by atoms with E-state index in [0.717, 1.165) is 38.8 Å². The Labute approximate surface area is 84.9 Å². The van der Waals surface area contributed by atoms with Crippen LogP contribution in [0.3, 0.4) is 0 Å². The number of carbonyl (C=O) groups is 1. The summed E-state index contributed by atoms with van der Waals surface area (Å²) in [5.41, 5.74) is 5.80. The van der Waals surface area contributed by atoms with Crippen molar-refractivity contribution < 1.29 is 4.79 Å². The Bertz CT molecular complexity index is 234. The molecule has 0 bridgehead atoms. The van der Waals surface area contributed by atoms with Crippen LogP contribution in [-0.2, 0) is 4.79 Å². The van der Waals surface area contributed by atoms with Crippen molar-refractivity contribution in [3.05, 3.63) is 12.2 Å². The fraction of sp³-hybridized carbons (Fsp3) is 0.727. The van der Waals surface area contributed by atoms with Crippen molar-refractivity contribution in [1.82, 2.24) is 4.90 Å². The molecule has 1 aliphatic carbocycles. The van der Waals surface area contributed by atoms with Gasteiger partial charge >= 0.3 is 0 Å². The number of nitrogens with zero attached hydrogens (tertiary/aromatic N) is 1. The molecule has 0 spiro atoms. The molecule has 0 aromatic rings. The van der Waals surface area contributed by atoms with Gasteiger partial charge in [-0.1, -0.05) is 12.2 Å². The van der Waals surface area contributed by atoms with Gasteiger partial charge in [-0.3, -0.25) is 4.79 Å². The monoisotopic (exact) mass is 194 g/mol. The summed E-state index contributed by atoms with van der Waals surface area (Å²) >= 11 is 0. The second kappa shape index (κ2) is 4.13. The highest BCUT2D eigenvalue weighted by Gasteiger charge is 2.27. The summed E-state index contributed by atoms with van der Waals surface area (Å²) in [5.74, 6) is 0.561. The van der Waals surface area contributed by atoms with Crippen LogP contribution >= 0.6 is 0 Å². The molecule has 0 radical (unpaired) electrons. The predicted molar refractivity (Wildman–Crippen MR) is 55.7 cm³/mol. The third-order valence-electron chi connectivity index (χ3n) is 3.21. The molecular weight excluding hydrogens is 176 g/mol. The van der Waals surface area contributed by atoms with Crippen LogP contribution in [-0.4, -0.2) is 29.9 Å². The zero-order chi connectivity index (χ0) is 9.97. The largest absolute Gasteiger partial charge is 0.342 e. The van der Waals surface area contributed by atoms with Gasteiger partial charge in [0.25, 0.3) is 0 Å². The molecule has 0 saturated carbocycles.